The van der Waals surface area contributed by atoms with Gasteiger partial charge < -0.3 is 4.57 Å². The first-order valence-corrected chi connectivity index (χ1v) is 11.5. The third-order valence-electron chi connectivity index (χ3n) is 4.60. The van der Waals surface area contributed by atoms with Gasteiger partial charge in [-0.2, -0.15) is 0 Å². The van der Waals surface area contributed by atoms with Gasteiger partial charge in [-0.15, -0.1) is 0 Å². The fraction of sp³-hybridized carbons (Fsp3) is 0.200. The topological polar surface area (TPSA) is 86.0 Å². The zero-order valence-corrected chi connectivity index (χ0v) is 17.4. The fourth-order valence-electron chi connectivity index (χ4n) is 3.11. The highest BCUT2D eigenvalue weighted by Gasteiger charge is 2.16. The van der Waals surface area contributed by atoms with Crippen LogP contribution in [0.5, 0.6) is 0 Å². The highest BCUT2D eigenvalue weighted by atomic mass is 32.2. The molecule has 0 fully saturated rings. The van der Waals surface area contributed by atoms with Crippen molar-refractivity contribution >= 4 is 31.6 Å². The first kappa shape index (κ1) is 19.6. The maximum absolute atomic E-state index is 12.7. The van der Waals surface area contributed by atoms with E-state index in [1.165, 1.54) is 0 Å². The molecule has 0 aliphatic carbocycles. The average Bonchev–Trinajstić information content (AvgIpc) is 3.35. The number of nitrogens with zero attached hydrogens (tertiary/aromatic N) is 3. The van der Waals surface area contributed by atoms with Crippen molar-refractivity contribution < 1.29 is 8.42 Å². The van der Waals surface area contributed by atoms with Crippen LogP contribution in [0.4, 0.5) is 0 Å². The quantitative estimate of drug-likeness (QED) is 0.490. The third kappa shape index (κ3) is 4.02. The number of rotatable bonds is 7. The third-order valence-corrected chi connectivity index (χ3v) is 6.94. The molecule has 2 heterocycles. The summed E-state index contributed by atoms with van der Waals surface area (Å²) in [5, 5.41) is 0. The van der Waals surface area contributed by atoms with E-state index in [4.69, 9.17) is 0 Å². The highest BCUT2D eigenvalue weighted by Crippen LogP contribution is 2.22. The number of hydrogen-bond acceptors (Lipinski definition) is 5. The van der Waals surface area contributed by atoms with Crippen molar-refractivity contribution in [2.75, 3.05) is 0 Å². The monoisotopic (exact) mass is 428 g/mol. The van der Waals surface area contributed by atoms with Crippen LogP contribution in [0.25, 0.3) is 15.9 Å². The van der Waals surface area contributed by atoms with Gasteiger partial charge in [-0.3, -0.25) is 9.36 Å². The van der Waals surface area contributed by atoms with E-state index in [1.54, 1.807) is 35.3 Å². The first-order chi connectivity index (χ1) is 14.0. The molecule has 0 unspecified atom stereocenters. The molecule has 29 heavy (non-hydrogen) atoms. The van der Waals surface area contributed by atoms with Crippen LogP contribution in [0.3, 0.4) is 0 Å². The fourth-order valence-corrected chi connectivity index (χ4v) is 5.18. The second kappa shape index (κ2) is 7.94. The van der Waals surface area contributed by atoms with Crippen molar-refractivity contribution in [3.05, 3.63) is 76.4 Å². The van der Waals surface area contributed by atoms with Gasteiger partial charge in [-0.25, -0.2) is 18.1 Å². The van der Waals surface area contributed by atoms with Crippen LogP contribution in [0.2, 0.25) is 0 Å². The van der Waals surface area contributed by atoms with E-state index in [9.17, 15) is 13.2 Å². The number of benzene rings is 2. The van der Waals surface area contributed by atoms with Crippen LogP contribution in [-0.4, -0.2) is 22.5 Å². The molecule has 4 rings (SSSR count). The predicted octanol–water partition coefficient (Wildman–Crippen LogP) is 3.14. The van der Waals surface area contributed by atoms with E-state index >= 15 is 0 Å². The summed E-state index contributed by atoms with van der Waals surface area (Å²) in [6.45, 7) is 2.80. The number of aromatic nitrogens is 3. The Kier molecular flexibility index (Phi) is 5.35. The smallest absolute Gasteiger partial charge is 0.306 e. The highest BCUT2D eigenvalue weighted by molar-refractivity contribution is 7.89. The van der Waals surface area contributed by atoms with Crippen molar-refractivity contribution in [1.29, 1.82) is 0 Å². The minimum atomic E-state index is -3.69. The molecule has 0 saturated carbocycles. The van der Waals surface area contributed by atoms with Crippen LogP contribution in [-0.2, 0) is 23.1 Å². The van der Waals surface area contributed by atoms with Gasteiger partial charge in [-0.1, -0.05) is 30.4 Å². The number of imidazole rings is 1. The van der Waals surface area contributed by atoms with Gasteiger partial charge in [0.05, 0.1) is 21.4 Å². The molecule has 0 saturated heterocycles. The average molecular weight is 429 g/mol. The molecule has 0 bridgehead atoms. The Balaban J connectivity index is 1.52. The standard InChI is InChI=1S/C20H20N4O3S2/c1-2-10-24-18-8-7-17(12-19(18)28-20(24)25)29(26,27)22-13-15-3-5-16(6-4-15)23-11-9-21-14-23/h3-9,11-12,14,22H,2,10,13H2,1H3. The van der Waals surface area contributed by atoms with Crippen molar-refractivity contribution in [3.63, 3.8) is 0 Å². The number of nitrogens with one attached hydrogen (secondary N) is 1. The maximum atomic E-state index is 12.7. The Morgan fingerprint density at radius 1 is 1.14 bits per heavy atom. The van der Waals surface area contributed by atoms with Gasteiger partial charge in [0.1, 0.15) is 0 Å². The number of sulfonamides is 1. The minimum absolute atomic E-state index is 0.0673. The number of fused-ring (bicyclic) bond motifs is 1. The molecule has 0 amide bonds. The Bertz CT molecular complexity index is 1290. The second-order valence-electron chi connectivity index (χ2n) is 6.61. The van der Waals surface area contributed by atoms with Crippen LogP contribution < -0.4 is 9.60 Å². The molecule has 0 atom stereocenters. The Morgan fingerprint density at radius 2 is 1.93 bits per heavy atom. The zero-order chi connectivity index (χ0) is 20.4. The normalized spacial score (nSPS) is 11.9. The Hall–Kier alpha value is -2.75. The van der Waals surface area contributed by atoms with Crippen LogP contribution in [0.1, 0.15) is 18.9 Å². The molecule has 9 heteroatoms. The van der Waals surface area contributed by atoms with Gasteiger partial charge in [0.2, 0.25) is 10.0 Å². The van der Waals surface area contributed by atoms with Gasteiger partial charge >= 0.3 is 4.87 Å². The molecular formula is C20H20N4O3S2. The van der Waals surface area contributed by atoms with Gasteiger partial charge in [0, 0.05) is 31.2 Å². The predicted molar refractivity (Wildman–Crippen MR) is 114 cm³/mol. The second-order valence-corrected chi connectivity index (χ2v) is 9.37. The summed E-state index contributed by atoms with van der Waals surface area (Å²) in [6.07, 6.45) is 6.09. The molecule has 7 nitrogen and oxygen atoms in total. The summed E-state index contributed by atoms with van der Waals surface area (Å²) in [7, 11) is -3.69. The van der Waals surface area contributed by atoms with Crippen molar-refractivity contribution in [1.82, 2.24) is 18.8 Å². The molecule has 2 aromatic heterocycles. The molecule has 0 spiro atoms. The van der Waals surface area contributed by atoms with Crippen molar-refractivity contribution in [2.45, 2.75) is 31.3 Å². The van der Waals surface area contributed by atoms with Gasteiger partial charge in [0.15, 0.2) is 0 Å². The van der Waals surface area contributed by atoms with E-state index < -0.39 is 10.0 Å². The number of hydrogen-bond donors (Lipinski definition) is 1. The molecule has 0 aliphatic rings. The zero-order valence-electron chi connectivity index (χ0n) is 15.8. The lowest BCUT2D eigenvalue weighted by Crippen LogP contribution is -2.23. The molecule has 1 N–H and O–H groups in total. The van der Waals surface area contributed by atoms with E-state index in [1.807, 2.05) is 42.0 Å². The van der Waals surface area contributed by atoms with Crippen LogP contribution in [0.15, 0.2) is 70.9 Å². The summed E-state index contributed by atoms with van der Waals surface area (Å²) in [5.41, 5.74) is 2.57. The lowest BCUT2D eigenvalue weighted by molar-refractivity contribution is 0.581. The molecule has 2 aromatic carbocycles. The molecular weight excluding hydrogens is 408 g/mol. The molecule has 4 aromatic rings. The summed E-state index contributed by atoms with van der Waals surface area (Å²) in [6, 6.07) is 12.4. The van der Waals surface area contributed by atoms with Crippen LogP contribution >= 0.6 is 11.3 Å². The number of aryl methyl sites for hydroxylation is 1. The molecule has 0 aliphatic heterocycles. The van der Waals surface area contributed by atoms with E-state index in [-0.39, 0.29) is 16.3 Å². The molecule has 0 radical (unpaired) electrons. The molecule has 150 valence electrons. The van der Waals surface area contributed by atoms with E-state index in [2.05, 4.69) is 9.71 Å². The summed E-state index contributed by atoms with van der Waals surface area (Å²) in [5.74, 6) is 0. The summed E-state index contributed by atoms with van der Waals surface area (Å²) in [4.78, 5) is 16.2. The van der Waals surface area contributed by atoms with E-state index in [0.717, 1.165) is 34.5 Å². The summed E-state index contributed by atoms with van der Waals surface area (Å²) >= 11 is 1.07. The van der Waals surface area contributed by atoms with Crippen LogP contribution in [0, 0.1) is 0 Å². The minimum Gasteiger partial charge on any atom is -0.306 e. The summed E-state index contributed by atoms with van der Waals surface area (Å²) < 4.78 is 32.3. The van der Waals surface area contributed by atoms with Gasteiger partial charge in [0.25, 0.3) is 0 Å². The largest absolute Gasteiger partial charge is 0.308 e. The van der Waals surface area contributed by atoms with Crippen molar-refractivity contribution in [2.24, 2.45) is 0 Å². The van der Waals surface area contributed by atoms with Gasteiger partial charge in [-0.05, 0) is 42.3 Å². The number of thiazole rings is 1. The van der Waals surface area contributed by atoms with E-state index in [0.29, 0.717) is 11.2 Å². The van der Waals surface area contributed by atoms with Crippen molar-refractivity contribution in [3.8, 4) is 5.69 Å². The SMILES string of the molecule is CCCn1c(=O)sc2cc(S(=O)(=O)NCc3ccc(-n4ccnc4)cc3)ccc21. The lowest BCUT2D eigenvalue weighted by Gasteiger charge is -2.09. The first-order valence-electron chi connectivity index (χ1n) is 9.18. The maximum Gasteiger partial charge on any atom is 0.308 e. The Morgan fingerprint density at radius 3 is 2.62 bits per heavy atom. The Labute approximate surface area is 172 Å². The lowest BCUT2D eigenvalue weighted by atomic mass is 10.2.